The molecular weight excluding hydrogens is 547 g/mol. The molecule has 153 valence electrons. The molecule has 4 aliphatic rings. The molecule has 8 rings (SSSR count). The van der Waals surface area contributed by atoms with Crippen LogP contribution in [-0.2, 0) is 25.5 Å². The Hall–Kier alpha value is -1.96. The summed E-state index contributed by atoms with van der Waals surface area (Å²) in [7, 11) is 0. The molecule has 1 radical (unpaired) electrons. The molecule has 4 saturated carbocycles. The summed E-state index contributed by atoms with van der Waals surface area (Å²) in [6.45, 7) is 0. The van der Waals surface area contributed by atoms with Gasteiger partial charge in [0.1, 0.15) is 5.58 Å². The molecule has 4 fully saturated rings. The summed E-state index contributed by atoms with van der Waals surface area (Å²) >= 11 is 0. The van der Waals surface area contributed by atoms with Crippen LogP contribution in [0.15, 0.2) is 59.1 Å². The molecule has 4 aliphatic carbocycles. The van der Waals surface area contributed by atoms with Crippen LogP contribution in [0.5, 0.6) is 0 Å². The Balaban J connectivity index is 0.00000175. The van der Waals surface area contributed by atoms with Crippen LogP contribution in [0.2, 0.25) is 0 Å². The molecule has 3 heteroatoms. The zero-order chi connectivity index (χ0) is 19.0. The Morgan fingerprint density at radius 3 is 2.27 bits per heavy atom. The molecule has 0 amide bonds. The first-order valence-electron chi connectivity index (χ1n) is 11.1. The van der Waals surface area contributed by atoms with E-state index in [1.165, 1.54) is 54.9 Å². The average Bonchev–Trinajstić information content (AvgIpc) is 3.12. The maximum atomic E-state index is 6.69. The van der Waals surface area contributed by atoms with Gasteiger partial charge in [0.15, 0.2) is 0 Å². The standard InChI is InChI=1S/C27H24NO.Ir/c1-2-10-28-24(9-1)22-7-3-5-20-21-6-4-8-23(26(21)29-25(20)22)27-14-17-11-18(15-27)13-19(12-17)16-27;/h1-6,8-10,17-19H,11-16H2;/q-1;. The van der Waals surface area contributed by atoms with Crippen LogP contribution in [0.3, 0.4) is 0 Å². The van der Waals surface area contributed by atoms with E-state index in [-0.39, 0.29) is 20.1 Å². The van der Waals surface area contributed by atoms with Gasteiger partial charge < -0.3 is 9.40 Å². The quantitative estimate of drug-likeness (QED) is 0.245. The number of nitrogens with zero attached hydrogens (tertiary/aromatic N) is 1. The van der Waals surface area contributed by atoms with Gasteiger partial charge in [0.2, 0.25) is 0 Å². The van der Waals surface area contributed by atoms with Crippen LogP contribution >= 0.6 is 0 Å². The van der Waals surface area contributed by atoms with Crippen LogP contribution in [0, 0.1) is 23.8 Å². The van der Waals surface area contributed by atoms with E-state index in [2.05, 4.69) is 35.3 Å². The number of rotatable bonds is 2. The van der Waals surface area contributed by atoms with E-state index in [9.17, 15) is 0 Å². The number of furan rings is 1. The fraction of sp³-hybridized carbons (Fsp3) is 0.370. The van der Waals surface area contributed by atoms with E-state index in [4.69, 9.17) is 4.42 Å². The molecule has 4 aromatic rings. The van der Waals surface area contributed by atoms with Crippen molar-refractivity contribution in [1.29, 1.82) is 0 Å². The van der Waals surface area contributed by atoms with Crippen LogP contribution in [0.1, 0.15) is 44.1 Å². The Morgan fingerprint density at radius 2 is 1.57 bits per heavy atom. The first-order chi connectivity index (χ1) is 14.3. The molecule has 0 unspecified atom stereocenters. The first kappa shape index (κ1) is 18.8. The Morgan fingerprint density at radius 1 is 0.833 bits per heavy atom. The number of benzene rings is 2. The number of para-hydroxylation sites is 1. The minimum absolute atomic E-state index is 0. The van der Waals surface area contributed by atoms with Crippen molar-refractivity contribution in [3.05, 3.63) is 66.4 Å². The maximum absolute atomic E-state index is 6.69. The van der Waals surface area contributed by atoms with E-state index in [0.29, 0.717) is 5.41 Å². The Bertz CT molecular complexity index is 1210. The summed E-state index contributed by atoms with van der Waals surface area (Å²) in [6.07, 6.45) is 10.3. The van der Waals surface area contributed by atoms with E-state index in [1.807, 2.05) is 30.5 Å². The van der Waals surface area contributed by atoms with Crippen LogP contribution in [0.4, 0.5) is 0 Å². The molecule has 2 aromatic heterocycles. The SMILES string of the molecule is [Ir].[c-]1ccc2c(oc3c(C45CC6CC(CC(C6)C4)C5)cccc32)c1-c1ccccn1. The van der Waals surface area contributed by atoms with Crippen LogP contribution in [0.25, 0.3) is 33.2 Å². The van der Waals surface area contributed by atoms with Gasteiger partial charge in [0.05, 0.1) is 5.58 Å². The monoisotopic (exact) mass is 571 g/mol. The smallest absolute Gasteiger partial charge is 0.124 e. The molecule has 0 aliphatic heterocycles. The van der Waals surface area contributed by atoms with Crippen molar-refractivity contribution in [2.45, 2.75) is 43.9 Å². The second-order valence-corrected chi connectivity index (χ2v) is 9.79. The second-order valence-electron chi connectivity index (χ2n) is 9.79. The van der Waals surface area contributed by atoms with Crippen molar-refractivity contribution in [2.24, 2.45) is 17.8 Å². The number of aromatic nitrogens is 1. The summed E-state index contributed by atoms with van der Waals surface area (Å²) < 4.78 is 6.69. The van der Waals surface area contributed by atoms with Gasteiger partial charge in [-0.15, -0.1) is 18.2 Å². The zero-order valence-electron chi connectivity index (χ0n) is 16.9. The third-order valence-corrected chi connectivity index (χ3v) is 7.99. The van der Waals surface area contributed by atoms with Gasteiger partial charge in [0.25, 0.3) is 0 Å². The predicted molar refractivity (Wildman–Crippen MR) is 116 cm³/mol. The van der Waals surface area contributed by atoms with Crippen molar-refractivity contribution >= 4 is 21.9 Å². The van der Waals surface area contributed by atoms with Gasteiger partial charge in [-0.25, -0.2) is 0 Å². The van der Waals surface area contributed by atoms with Gasteiger partial charge in [-0.1, -0.05) is 41.3 Å². The number of hydrogen-bond donors (Lipinski definition) is 0. The Kier molecular flexibility index (Phi) is 4.24. The summed E-state index contributed by atoms with van der Waals surface area (Å²) in [5, 5.41) is 2.44. The minimum Gasteiger partial charge on any atom is -0.500 e. The summed E-state index contributed by atoms with van der Waals surface area (Å²) in [6, 6.07) is 20.4. The van der Waals surface area contributed by atoms with Gasteiger partial charge in [-0.2, -0.15) is 0 Å². The van der Waals surface area contributed by atoms with Crippen LogP contribution < -0.4 is 0 Å². The fourth-order valence-corrected chi connectivity index (χ4v) is 7.32. The van der Waals surface area contributed by atoms with Crippen molar-refractivity contribution in [1.82, 2.24) is 4.98 Å². The summed E-state index contributed by atoms with van der Waals surface area (Å²) in [5.41, 5.74) is 5.73. The van der Waals surface area contributed by atoms with Gasteiger partial charge >= 0.3 is 0 Å². The number of pyridine rings is 1. The van der Waals surface area contributed by atoms with E-state index in [1.54, 1.807) is 0 Å². The van der Waals surface area contributed by atoms with Crippen LogP contribution in [-0.4, -0.2) is 4.98 Å². The zero-order valence-corrected chi connectivity index (χ0v) is 19.3. The maximum Gasteiger partial charge on any atom is 0.124 e. The molecule has 2 nitrogen and oxygen atoms in total. The van der Waals surface area contributed by atoms with Gasteiger partial charge in [0, 0.05) is 37.3 Å². The van der Waals surface area contributed by atoms with E-state index in [0.717, 1.165) is 40.2 Å². The molecule has 0 spiro atoms. The largest absolute Gasteiger partial charge is 0.500 e. The Labute approximate surface area is 190 Å². The van der Waals surface area contributed by atoms with Crippen molar-refractivity contribution in [3.8, 4) is 11.3 Å². The molecule has 2 aromatic carbocycles. The van der Waals surface area contributed by atoms with Gasteiger partial charge in [-0.3, -0.25) is 0 Å². The molecule has 4 bridgehead atoms. The molecule has 30 heavy (non-hydrogen) atoms. The normalized spacial score (nSPS) is 29.4. The summed E-state index contributed by atoms with van der Waals surface area (Å²) in [4.78, 5) is 4.55. The topological polar surface area (TPSA) is 26.0 Å². The summed E-state index contributed by atoms with van der Waals surface area (Å²) in [5.74, 6) is 2.79. The van der Waals surface area contributed by atoms with Gasteiger partial charge in [-0.05, 0) is 73.5 Å². The third kappa shape index (κ3) is 2.61. The molecule has 0 atom stereocenters. The molecule has 0 N–H and O–H groups in total. The molecule has 0 saturated heterocycles. The van der Waals surface area contributed by atoms with E-state index < -0.39 is 0 Å². The predicted octanol–water partition coefficient (Wildman–Crippen LogP) is 6.91. The number of fused-ring (bicyclic) bond motifs is 3. The van der Waals surface area contributed by atoms with Crippen molar-refractivity contribution in [3.63, 3.8) is 0 Å². The first-order valence-corrected chi connectivity index (χ1v) is 11.1. The third-order valence-electron chi connectivity index (χ3n) is 7.99. The molecule has 2 heterocycles. The second kappa shape index (κ2) is 6.77. The molecular formula is C27H24IrNO-. The van der Waals surface area contributed by atoms with Crippen molar-refractivity contribution < 1.29 is 24.5 Å². The average molecular weight is 571 g/mol. The van der Waals surface area contributed by atoms with Crippen molar-refractivity contribution in [2.75, 3.05) is 0 Å². The number of hydrogen-bond acceptors (Lipinski definition) is 2. The minimum atomic E-state index is 0. The fourth-order valence-electron chi connectivity index (χ4n) is 7.32. The van der Waals surface area contributed by atoms with E-state index >= 15 is 0 Å².